The first-order valence-electron chi connectivity index (χ1n) is 28.1. The lowest BCUT2D eigenvalue weighted by Crippen LogP contribution is -2.28. The lowest BCUT2D eigenvalue weighted by atomic mass is 9.67. The summed E-state index contributed by atoms with van der Waals surface area (Å²) in [6.07, 6.45) is 0. The third-order valence-electron chi connectivity index (χ3n) is 17.4. The molecule has 0 atom stereocenters. The molecule has 0 aromatic heterocycles. The molecule has 1 nitrogen and oxygen atoms in total. The zero-order chi connectivity index (χ0) is 54.8. The standard InChI is InChI=1S/C45H30O.C35H23Br/c46-40-22-19-34-26-33(17-18-35(34)27-40)37-21-24-42-41-23-20-36(32-16-15-30-9-7-8-10-31(30)25-32)28-43(41)45(44(42)29-37,38-11-3-1-4-12-38)39-13-5-2-6-14-39;36-30-18-20-32-31-19-17-27(26-16-15-24-9-7-8-10-25(24)21-26)22-33(31)35(34(32)23-30,28-11-3-1-4-12-28)29-13-5-2-6-14-29/h1-29,46H;1-23H. The van der Waals surface area contributed by atoms with E-state index in [0.717, 1.165) is 20.8 Å². The van der Waals surface area contributed by atoms with Crippen molar-refractivity contribution < 1.29 is 5.11 Å². The maximum Gasteiger partial charge on any atom is 0.116 e. The van der Waals surface area contributed by atoms with Gasteiger partial charge in [-0.2, -0.15) is 0 Å². The van der Waals surface area contributed by atoms with Crippen LogP contribution in [0.5, 0.6) is 5.75 Å². The van der Waals surface area contributed by atoms with E-state index in [9.17, 15) is 5.11 Å². The number of aromatic hydroxyl groups is 1. The summed E-state index contributed by atoms with van der Waals surface area (Å²) in [7, 11) is 0. The van der Waals surface area contributed by atoms with Gasteiger partial charge in [-0.05, 0) is 193 Å². The molecular weight excluding hydrogens is 1060 g/mol. The van der Waals surface area contributed by atoms with Crippen molar-refractivity contribution in [2.24, 2.45) is 0 Å². The van der Waals surface area contributed by atoms with Gasteiger partial charge < -0.3 is 5.11 Å². The average molecular weight is 1110 g/mol. The smallest absolute Gasteiger partial charge is 0.116 e. The topological polar surface area (TPSA) is 20.2 Å². The van der Waals surface area contributed by atoms with Crippen molar-refractivity contribution in [2.75, 3.05) is 0 Å². The third kappa shape index (κ3) is 8.05. The molecule has 2 heteroatoms. The van der Waals surface area contributed by atoms with Gasteiger partial charge in [0, 0.05) is 4.47 Å². The zero-order valence-electron chi connectivity index (χ0n) is 44.8. The molecule has 0 spiro atoms. The van der Waals surface area contributed by atoms with Gasteiger partial charge in [0.05, 0.1) is 10.8 Å². The molecule has 0 radical (unpaired) electrons. The van der Waals surface area contributed by atoms with Crippen LogP contribution in [0.15, 0.2) is 320 Å². The molecule has 0 saturated carbocycles. The second-order valence-electron chi connectivity index (χ2n) is 21.8. The Bertz CT molecular complexity index is 4680. The fourth-order valence-corrected chi connectivity index (χ4v) is 14.0. The summed E-state index contributed by atoms with van der Waals surface area (Å²) in [6, 6.07) is 114. The number of hydrogen-bond acceptors (Lipinski definition) is 1. The zero-order valence-corrected chi connectivity index (χ0v) is 46.4. The molecule has 0 amide bonds. The summed E-state index contributed by atoms with van der Waals surface area (Å²) < 4.78 is 1.10. The normalized spacial score (nSPS) is 13.2. The molecular formula is C80H53BrO. The Morgan fingerprint density at radius 1 is 0.220 bits per heavy atom. The summed E-state index contributed by atoms with van der Waals surface area (Å²) in [5.41, 5.74) is 21.8. The molecule has 0 fully saturated rings. The predicted molar refractivity (Wildman–Crippen MR) is 346 cm³/mol. The highest BCUT2D eigenvalue weighted by Crippen LogP contribution is 2.59. The fourth-order valence-electron chi connectivity index (χ4n) is 13.6. The first kappa shape index (κ1) is 49.2. The molecule has 0 aliphatic heterocycles. The first-order valence-corrected chi connectivity index (χ1v) is 28.9. The van der Waals surface area contributed by atoms with Crippen molar-refractivity contribution in [3.05, 3.63) is 364 Å². The van der Waals surface area contributed by atoms with Crippen LogP contribution in [0.4, 0.5) is 0 Å². The highest BCUT2D eigenvalue weighted by Gasteiger charge is 2.48. The minimum absolute atomic E-state index is 0.286. The highest BCUT2D eigenvalue weighted by atomic mass is 79.9. The van der Waals surface area contributed by atoms with Crippen molar-refractivity contribution in [3.8, 4) is 61.4 Å². The van der Waals surface area contributed by atoms with Crippen molar-refractivity contribution in [3.63, 3.8) is 0 Å². The van der Waals surface area contributed by atoms with E-state index in [1.54, 1.807) is 6.07 Å². The monoisotopic (exact) mass is 1110 g/mol. The van der Waals surface area contributed by atoms with Crippen LogP contribution in [0.3, 0.4) is 0 Å². The van der Waals surface area contributed by atoms with Crippen molar-refractivity contribution >= 4 is 48.2 Å². The summed E-state index contributed by atoms with van der Waals surface area (Å²) >= 11 is 3.78. The largest absolute Gasteiger partial charge is 0.508 e. The van der Waals surface area contributed by atoms with Crippen LogP contribution in [0.1, 0.15) is 44.5 Å². The minimum atomic E-state index is -0.501. The Kier molecular flexibility index (Phi) is 12.0. The van der Waals surface area contributed by atoms with Gasteiger partial charge in [0.2, 0.25) is 0 Å². The van der Waals surface area contributed by atoms with E-state index in [2.05, 4.69) is 313 Å². The average Bonchev–Trinajstić information content (AvgIpc) is 1.84. The van der Waals surface area contributed by atoms with Crippen LogP contribution in [0.25, 0.3) is 88.0 Å². The van der Waals surface area contributed by atoms with E-state index in [-0.39, 0.29) is 5.75 Å². The van der Waals surface area contributed by atoms with Crippen molar-refractivity contribution in [1.29, 1.82) is 0 Å². The van der Waals surface area contributed by atoms with E-state index < -0.39 is 10.8 Å². The predicted octanol–water partition coefficient (Wildman–Crippen LogP) is 21.0. The number of phenolic OH excluding ortho intramolecular Hbond substituents is 1. The van der Waals surface area contributed by atoms with Gasteiger partial charge in [-0.15, -0.1) is 0 Å². The second kappa shape index (κ2) is 20.0. The third-order valence-corrected chi connectivity index (χ3v) is 17.9. The molecule has 1 N–H and O–H groups in total. The Morgan fingerprint density at radius 3 is 0.878 bits per heavy atom. The van der Waals surface area contributed by atoms with Crippen LogP contribution in [0, 0.1) is 0 Å². The summed E-state index contributed by atoms with van der Waals surface area (Å²) in [4.78, 5) is 0. The molecule has 2 aliphatic carbocycles. The number of fused-ring (bicyclic) bond motifs is 9. The molecule has 0 heterocycles. The molecule has 14 aromatic rings. The molecule has 14 aromatic carbocycles. The van der Waals surface area contributed by atoms with Crippen LogP contribution < -0.4 is 0 Å². The number of rotatable bonds is 7. The Balaban J connectivity index is 0.000000145. The molecule has 386 valence electrons. The Morgan fingerprint density at radius 2 is 0.488 bits per heavy atom. The van der Waals surface area contributed by atoms with Gasteiger partial charge in [-0.1, -0.05) is 271 Å². The molecule has 82 heavy (non-hydrogen) atoms. The maximum atomic E-state index is 10.0. The quantitative estimate of drug-likeness (QED) is 0.169. The van der Waals surface area contributed by atoms with Gasteiger partial charge in [0.15, 0.2) is 0 Å². The summed E-state index contributed by atoms with van der Waals surface area (Å²) in [5, 5.41) is 17.2. The molecule has 0 saturated heterocycles. The van der Waals surface area contributed by atoms with Gasteiger partial charge in [0.1, 0.15) is 5.75 Å². The summed E-state index contributed by atoms with van der Waals surface area (Å²) in [5.74, 6) is 0.286. The van der Waals surface area contributed by atoms with Gasteiger partial charge >= 0.3 is 0 Å². The van der Waals surface area contributed by atoms with E-state index in [1.165, 1.54) is 116 Å². The lowest BCUT2D eigenvalue weighted by Gasteiger charge is -2.34. The minimum Gasteiger partial charge on any atom is -0.508 e. The lowest BCUT2D eigenvalue weighted by molar-refractivity contribution is 0.476. The van der Waals surface area contributed by atoms with E-state index in [0.29, 0.717) is 0 Å². The van der Waals surface area contributed by atoms with E-state index in [4.69, 9.17) is 0 Å². The van der Waals surface area contributed by atoms with E-state index >= 15 is 0 Å². The maximum absolute atomic E-state index is 10.0. The van der Waals surface area contributed by atoms with Crippen LogP contribution >= 0.6 is 15.9 Å². The van der Waals surface area contributed by atoms with Gasteiger partial charge in [-0.3, -0.25) is 0 Å². The molecule has 16 rings (SSSR count). The fraction of sp³-hybridized carbons (Fsp3) is 0.0250. The molecule has 2 aliphatic rings. The number of benzene rings is 14. The Labute approximate surface area is 486 Å². The SMILES string of the molecule is Brc1ccc2c(c1)C(c1ccccc1)(c1ccccc1)c1cc(-c3ccc4ccccc4c3)ccc1-2.Oc1ccc2cc(-c3ccc4c(c3)C(c3ccccc3)(c3ccccc3)c3cc(-c5ccc6ccccc6c5)ccc3-4)ccc2c1. The van der Waals surface area contributed by atoms with Gasteiger partial charge in [0.25, 0.3) is 0 Å². The first-order chi connectivity index (χ1) is 40.4. The number of hydrogen-bond donors (Lipinski definition) is 1. The highest BCUT2D eigenvalue weighted by molar-refractivity contribution is 9.10. The molecule has 0 unspecified atom stereocenters. The Hall–Kier alpha value is -9.86. The number of phenols is 1. The summed E-state index contributed by atoms with van der Waals surface area (Å²) in [6.45, 7) is 0. The van der Waals surface area contributed by atoms with Crippen LogP contribution in [-0.4, -0.2) is 5.11 Å². The van der Waals surface area contributed by atoms with Crippen molar-refractivity contribution in [1.82, 2.24) is 0 Å². The van der Waals surface area contributed by atoms with E-state index in [1.807, 2.05) is 12.1 Å². The van der Waals surface area contributed by atoms with Crippen LogP contribution in [0.2, 0.25) is 0 Å². The van der Waals surface area contributed by atoms with Crippen LogP contribution in [-0.2, 0) is 10.8 Å². The second-order valence-corrected chi connectivity index (χ2v) is 22.7. The molecule has 0 bridgehead atoms. The number of halogens is 1. The van der Waals surface area contributed by atoms with Crippen molar-refractivity contribution in [2.45, 2.75) is 10.8 Å². The van der Waals surface area contributed by atoms with Gasteiger partial charge in [-0.25, -0.2) is 0 Å².